The van der Waals surface area contributed by atoms with Crippen LogP contribution in [0.25, 0.3) is 0 Å². The van der Waals surface area contributed by atoms with E-state index >= 15 is 0 Å². The Morgan fingerprint density at radius 3 is 2.06 bits per heavy atom. The Bertz CT molecular complexity index is 212. The Kier molecular flexibility index (Phi) is 5.10. The van der Waals surface area contributed by atoms with Gasteiger partial charge in [0.2, 0.25) is 0 Å². The third-order valence-corrected chi connectivity index (χ3v) is 3.59. The monoisotopic (exact) mass is 226 g/mol. The number of carbonyl (C=O) groups excluding carboxylic acids is 1. The van der Waals surface area contributed by atoms with E-state index in [4.69, 9.17) is 0 Å². The zero-order chi connectivity index (χ0) is 12.1. The van der Waals surface area contributed by atoms with Gasteiger partial charge in [0.15, 0.2) is 0 Å². The summed E-state index contributed by atoms with van der Waals surface area (Å²) in [7, 11) is 0. The fraction of sp³-hybridized carbons (Fsp3) is 0.923. The van der Waals surface area contributed by atoms with E-state index in [1.54, 1.807) is 0 Å². The van der Waals surface area contributed by atoms with E-state index in [0.717, 1.165) is 32.5 Å². The van der Waals surface area contributed by atoms with Crippen LogP contribution in [0.1, 0.15) is 40.5 Å². The zero-order valence-electron chi connectivity index (χ0n) is 11.1. The molecule has 16 heavy (non-hydrogen) atoms. The highest BCUT2D eigenvalue weighted by atomic mass is 16.2. The second-order valence-electron chi connectivity index (χ2n) is 5.53. The van der Waals surface area contributed by atoms with Crippen LogP contribution in [0, 0.1) is 17.8 Å². The predicted molar refractivity (Wildman–Crippen MR) is 67.4 cm³/mol. The number of urea groups is 1. The molecule has 1 rings (SSSR count). The molecule has 0 spiro atoms. The summed E-state index contributed by atoms with van der Waals surface area (Å²) in [5.41, 5.74) is 0. The largest absolute Gasteiger partial charge is 0.338 e. The zero-order valence-corrected chi connectivity index (χ0v) is 11.1. The van der Waals surface area contributed by atoms with Gasteiger partial charge in [-0.15, -0.1) is 0 Å². The van der Waals surface area contributed by atoms with E-state index < -0.39 is 0 Å². The van der Waals surface area contributed by atoms with Gasteiger partial charge in [-0.2, -0.15) is 0 Å². The molecule has 0 saturated carbocycles. The number of nitrogens with one attached hydrogen (secondary N) is 1. The lowest BCUT2D eigenvalue weighted by atomic mass is 9.85. The highest BCUT2D eigenvalue weighted by Crippen LogP contribution is 2.19. The molecule has 0 atom stereocenters. The summed E-state index contributed by atoms with van der Waals surface area (Å²) >= 11 is 0. The third-order valence-electron chi connectivity index (χ3n) is 3.59. The van der Waals surface area contributed by atoms with Crippen molar-refractivity contribution in [2.24, 2.45) is 17.8 Å². The second kappa shape index (κ2) is 6.12. The highest BCUT2D eigenvalue weighted by Gasteiger charge is 2.21. The minimum Gasteiger partial charge on any atom is -0.338 e. The maximum atomic E-state index is 11.8. The molecule has 3 heteroatoms. The Labute approximate surface area is 99.6 Å². The lowest BCUT2D eigenvalue weighted by Crippen LogP contribution is -2.41. The number of likely N-dealkylation sites (tertiary alicyclic amines) is 1. The summed E-state index contributed by atoms with van der Waals surface area (Å²) < 4.78 is 0. The average Bonchev–Trinajstić information content (AvgIpc) is 2.69. The standard InChI is InChI=1S/C13H26N2O/c1-10(2)12(11(3)4)9-14-13(16)15-7-5-6-8-15/h10-12H,5-9H2,1-4H3,(H,14,16). The normalized spacial score (nSPS) is 16.6. The van der Waals surface area contributed by atoms with E-state index in [2.05, 4.69) is 33.0 Å². The predicted octanol–water partition coefficient (Wildman–Crippen LogP) is 2.72. The van der Waals surface area contributed by atoms with Crippen LogP contribution in [0.3, 0.4) is 0 Å². The number of nitrogens with zero attached hydrogens (tertiary/aromatic N) is 1. The molecule has 0 unspecified atom stereocenters. The molecule has 0 aliphatic carbocycles. The summed E-state index contributed by atoms with van der Waals surface area (Å²) in [6, 6.07) is 0.129. The first-order chi connectivity index (χ1) is 7.52. The van der Waals surface area contributed by atoms with E-state index in [-0.39, 0.29) is 6.03 Å². The molecule has 1 aliphatic rings. The maximum Gasteiger partial charge on any atom is 0.317 e. The molecular formula is C13H26N2O. The summed E-state index contributed by atoms with van der Waals surface area (Å²) in [4.78, 5) is 13.7. The van der Waals surface area contributed by atoms with Crippen LogP contribution < -0.4 is 5.32 Å². The van der Waals surface area contributed by atoms with Gasteiger partial charge < -0.3 is 10.2 Å². The molecule has 1 saturated heterocycles. The van der Waals surface area contributed by atoms with Gasteiger partial charge in [0.05, 0.1) is 0 Å². The van der Waals surface area contributed by atoms with Crippen molar-refractivity contribution in [2.45, 2.75) is 40.5 Å². The molecule has 3 nitrogen and oxygen atoms in total. The number of hydrogen-bond acceptors (Lipinski definition) is 1. The van der Waals surface area contributed by atoms with Crippen LogP contribution in [0.15, 0.2) is 0 Å². The Morgan fingerprint density at radius 2 is 1.62 bits per heavy atom. The number of amides is 2. The van der Waals surface area contributed by atoms with Gasteiger partial charge in [0.25, 0.3) is 0 Å². The van der Waals surface area contributed by atoms with E-state index in [9.17, 15) is 4.79 Å². The van der Waals surface area contributed by atoms with Crippen molar-refractivity contribution in [2.75, 3.05) is 19.6 Å². The van der Waals surface area contributed by atoms with E-state index in [1.807, 2.05) is 4.90 Å². The fourth-order valence-electron chi connectivity index (χ4n) is 2.48. The van der Waals surface area contributed by atoms with Crippen LogP contribution in [-0.4, -0.2) is 30.6 Å². The summed E-state index contributed by atoms with van der Waals surface area (Å²) in [6.45, 7) is 11.6. The molecule has 1 heterocycles. The number of rotatable bonds is 4. The van der Waals surface area contributed by atoms with Crippen molar-refractivity contribution < 1.29 is 4.79 Å². The van der Waals surface area contributed by atoms with Gasteiger partial charge in [-0.3, -0.25) is 0 Å². The minimum atomic E-state index is 0.129. The molecule has 1 aliphatic heterocycles. The van der Waals surface area contributed by atoms with Crippen LogP contribution in [0.5, 0.6) is 0 Å². The molecule has 2 amide bonds. The molecule has 0 radical (unpaired) electrons. The molecule has 1 N–H and O–H groups in total. The number of hydrogen-bond donors (Lipinski definition) is 1. The van der Waals surface area contributed by atoms with Gasteiger partial charge in [-0.25, -0.2) is 4.79 Å². The first-order valence-electron chi connectivity index (χ1n) is 6.55. The van der Waals surface area contributed by atoms with Crippen LogP contribution in [0.2, 0.25) is 0 Å². The first kappa shape index (κ1) is 13.3. The Morgan fingerprint density at radius 1 is 1.12 bits per heavy atom. The van der Waals surface area contributed by atoms with Gasteiger partial charge >= 0.3 is 6.03 Å². The van der Waals surface area contributed by atoms with Gasteiger partial charge in [0.1, 0.15) is 0 Å². The molecular weight excluding hydrogens is 200 g/mol. The van der Waals surface area contributed by atoms with E-state index in [1.165, 1.54) is 0 Å². The van der Waals surface area contributed by atoms with Gasteiger partial charge in [0, 0.05) is 19.6 Å². The van der Waals surface area contributed by atoms with Crippen LogP contribution in [0.4, 0.5) is 4.79 Å². The highest BCUT2D eigenvalue weighted by molar-refractivity contribution is 5.74. The molecule has 0 aromatic carbocycles. The third kappa shape index (κ3) is 3.69. The SMILES string of the molecule is CC(C)C(CNC(=O)N1CCCC1)C(C)C. The second-order valence-corrected chi connectivity index (χ2v) is 5.53. The Hall–Kier alpha value is -0.730. The molecule has 94 valence electrons. The Balaban J connectivity index is 2.33. The van der Waals surface area contributed by atoms with Gasteiger partial charge in [-0.05, 0) is 30.6 Å². The van der Waals surface area contributed by atoms with Crippen molar-refractivity contribution >= 4 is 6.03 Å². The van der Waals surface area contributed by atoms with Gasteiger partial charge in [-0.1, -0.05) is 27.7 Å². The minimum absolute atomic E-state index is 0.129. The van der Waals surface area contributed by atoms with Crippen molar-refractivity contribution in [3.8, 4) is 0 Å². The van der Waals surface area contributed by atoms with Crippen molar-refractivity contribution in [3.05, 3.63) is 0 Å². The summed E-state index contributed by atoms with van der Waals surface area (Å²) in [6.07, 6.45) is 2.32. The number of carbonyl (C=O) groups is 1. The topological polar surface area (TPSA) is 32.3 Å². The van der Waals surface area contributed by atoms with Crippen molar-refractivity contribution in [1.29, 1.82) is 0 Å². The smallest absolute Gasteiger partial charge is 0.317 e. The fourth-order valence-corrected chi connectivity index (χ4v) is 2.48. The lowest BCUT2D eigenvalue weighted by Gasteiger charge is -2.26. The first-order valence-corrected chi connectivity index (χ1v) is 6.55. The van der Waals surface area contributed by atoms with Crippen LogP contribution in [-0.2, 0) is 0 Å². The van der Waals surface area contributed by atoms with Crippen molar-refractivity contribution in [3.63, 3.8) is 0 Å². The average molecular weight is 226 g/mol. The summed E-state index contributed by atoms with van der Waals surface area (Å²) in [5, 5.41) is 3.07. The van der Waals surface area contributed by atoms with Crippen molar-refractivity contribution in [1.82, 2.24) is 10.2 Å². The molecule has 0 bridgehead atoms. The lowest BCUT2D eigenvalue weighted by molar-refractivity contribution is 0.200. The quantitative estimate of drug-likeness (QED) is 0.785. The molecule has 0 aromatic rings. The van der Waals surface area contributed by atoms with Crippen LogP contribution >= 0.6 is 0 Å². The maximum absolute atomic E-state index is 11.8. The molecule has 1 fully saturated rings. The molecule has 0 aromatic heterocycles. The van der Waals surface area contributed by atoms with E-state index in [0.29, 0.717) is 17.8 Å². The summed E-state index contributed by atoms with van der Waals surface area (Å²) in [5.74, 6) is 1.82.